The van der Waals surface area contributed by atoms with Crippen LogP contribution < -0.4 is 0 Å². The van der Waals surface area contributed by atoms with Crippen LogP contribution in [0.1, 0.15) is 53.4 Å². The Labute approximate surface area is 93.9 Å². The number of aldehydes is 1. The molecular weight excluding hydrogens is 184 g/mol. The van der Waals surface area contributed by atoms with Crippen LogP contribution >= 0.6 is 0 Å². The summed E-state index contributed by atoms with van der Waals surface area (Å²) in [5, 5.41) is 0. The molecule has 0 aromatic heterocycles. The second-order valence-electron chi connectivity index (χ2n) is 5.45. The van der Waals surface area contributed by atoms with Crippen LogP contribution in [0.5, 0.6) is 0 Å². The molecule has 1 heteroatoms. The van der Waals surface area contributed by atoms with E-state index in [1.165, 1.54) is 19.3 Å². The Bertz CT molecular complexity index is 250. The van der Waals surface area contributed by atoms with Crippen LogP contribution in [-0.4, -0.2) is 6.29 Å². The van der Waals surface area contributed by atoms with Crippen LogP contribution in [0.3, 0.4) is 0 Å². The number of hydrogen-bond donors (Lipinski definition) is 0. The average molecular weight is 208 g/mol. The summed E-state index contributed by atoms with van der Waals surface area (Å²) in [6.45, 7) is 8.88. The highest BCUT2D eigenvalue weighted by Crippen LogP contribution is 2.36. The second kappa shape index (κ2) is 5.48. The van der Waals surface area contributed by atoms with Crippen molar-refractivity contribution in [2.75, 3.05) is 0 Å². The first-order valence-electron chi connectivity index (χ1n) is 6.17. The molecule has 0 fully saturated rings. The van der Waals surface area contributed by atoms with Crippen molar-refractivity contribution < 1.29 is 4.79 Å². The predicted molar refractivity (Wildman–Crippen MR) is 64.7 cm³/mol. The van der Waals surface area contributed by atoms with Crippen molar-refractivity contribution in [1.29, 1.82) is 0 Å². The Morgan fingerprint density at radius 2 is 2.07 bits per heavy atom. The molecule has 86 valence electrons. The average Bonchev–Trinajstić information content (AvgIpc) is 2.20. The summed E-state index contributed by atoms with van der Waals surface area (Å²) in [6, 6.07) is 0. The van der Waals surface area contributed by atoms with Gasteiger partial charge in [-0.2, -0.15) is 0 Å². The van der Waals surface area contributed by atoms with Gasteiger partial charge in [-0.25, -0.2) is 0 Å². The van der Waals surface area contributed by atoms with Crippen molar-refractivity contribution in [1.82, 2.24) is 0 Å². The maximum Gasteiger partial charge on any atom is 0.123 e. The molecule has 0 aromatic rings. The van der Waals surface area contributed by atoms with Gasteiger partial charge in [0.15, 0.2) is 0 Å². The molecule has 0 spiro atoms. The molecule has 15 heavy (non-hydrogen) atoms. The van der Waals surface area contributed by atoms with Crippen molar-refractivity contribution >= 4 is 6.29 Å². The largest absolute Gasteiger partial charge is 0.303 e. The molecule has 1 rings (SSSR count). The molecule has 0 saturated heterocycles. The van der Waals surface area contributed by atoms with E-state index in [0.29, 0.717) is 0 Å². The zero-order chi connectivity index (χ0) is 11.4. The summed E-state index contributed by atoms with van der Waals surface area (Å²) in [6.07, 6.45) is 5.87. The van der Waals surface area contributed by atoms with Gasteiger partial charge in [0.05, 0.1) is 0 Å². The van der Waals surface area contributed by atoms with E-state index in [-0.39, 0.29) is 5.92 Å². The first-order chi connectivity index (χ1) is 7.04. The molecule has 0 radical (unpaired) electrons. The van der Waals surface area contributed by atoms with Crippen molar-refractivity contribution in [2.24, 2.45) is 17.8 Å². The highest BCUT2D eigenvalue weighted by atomic mass is 16.1. The van der Waals surface area contributed by atoms with Crippen molar-refractivity contribution in [3.63, 3.8) is 0 Å². The fourth-order valence-electron chi connectivity index (χ4n) is 2.43. The molecule has 2 atom stereocenters. The van der Waals surface area contributed by atoms with Gasteiger partial charge < -0.3 is 4.79 Å². The highest BCUT2D eigenvalue weighted by molar-refractivity contribution is 5.53. The Morgan fingerprint density at radius 1 is 1.40 bits per heavy atom. The summed E-state index contributed by atoms with van der Waals surface area (Å²) in [4.78, 5) is 10.7. The summed E-state index contributed by atoms with van der Waals surface area (Å²) >= 11 is 0. The summed E-state index contributed by atoms with van der Waals surface area (Å²) in [5.41, 5.74) is 3.10. The Morgan fingerprint density at radius 3 is 2.60 bits per heavy atom. The lowest BCUT2D eigenvalue weighted by Crippen LogP contribution is -2.16. The molecule has 0 amide bonds. The predicted octanol–water partition coefficient (Wildman–Crippen LogP) is 3.98. The number of hydrogen-bond acceptors (Lipinski definition) is 1. The smallest absolute Gasteiger partial charge is 0.123 e. The number of rotatable bonds is 4. The molecule has 1 unspecified atom stereocenters. The Kier molecular flexibility index (Phi) is 4.56. The lowest BCUT2D eigenvalue weighted by molar-refractivity contribution is -0.110. The van der Waals surface area contributed by atoms with E-state index in [1.807, 2.05) is 6.92 Å². The highest BCUT2D eigenvalue weighted by Gasteiger charge is 2.22. The van der Waals surface area contributed by atoms with Crippen LogP contribution in [0, 0.1) is 17.8 Å². The number of carbonyl (C=O) groups is 1. The molecule has 0 aromatic carbocycles. The molecule has 1 aliphatic rings. The van der Waals surface area contributed by atoms with Gasteiger partial charge in [0.25, 0.3) is 0 Å². The van der Waals surface area contributed by atoms with E-state index in [1.54, 1.807) is 11.1 Å². The van der Waals surface area contributed by atoms with Crippen molar-refractivity contribution in [3.05, 3.63) is 11.1 Å². The van der Waals surface area contributed by atoms with Gasteiger partial charge in [-0.1, -0.05) is 31.9 Å². The van der Waals surface area contributed by atoms with Gasteiger partial charge in [-0.15, -0.1) is 0 Å². The molecule has 1 aliphatic carbocycles. The third kappa shape index (κ3) is 3.48. The minimum Gasteiger partial charge on any atom is -0.303 e. The Hall–Kier alpha value is -0.590. The van der Waals surface area contributed by atoms with Gasteiger partial charge in [0.2, 0.25) is 0 Å². The van der Waals surface area contributed by atoms with Gasteiger partial charge in [-0.3, -0.25) is 0 Å². The quantitative estimate of drug-likeness (QED) is 0.504. The Balaban J connectivity index is 2.64. The third-order valence-electron chi connectivity index (χ3n) is 3.75. The van der Waals surface area contributed by atoms with Gasteiger partial charge in [0.1, 0.15) is 6.29 Å². The van der Waals surface area contributed by atoms with E-state index < -0.39 is 0 Å². The van der Waals surface area contributed by atoms with Gasteiger partial charge in [0, 0.05) is 5.92 Å². The molecule has 0 saturated carbocycles. The molecule has 0 heterocycles. The fourth-order valence-corrected chi connectivity index (χ4v) is 2.43. The standard InChI is InChI=1S/C14H24O/c1-10(2)13-6-5-12(4)14(8-13)7-11(3)9-15/h9-11,13H,5-8H2,1-4H3/t11?,13-/m1/s1. The first-order valence-corrected chi connectivity index (χ1v) is 6.17. The monoisotopic (exact) mass is 208 g/mol. The minimum atomic E-state index is 0.195. The first kappa shape index (κ1) is 12.5. The van der Waals surface area contributed by atoms with Gasteiger partial charge >= 0.3 is 0 Å². The van der Waals surface area contributed by atoms with Crippen LogP contribution in [0.25, 0.3) is 0 Å². The van der Waals surface area contributed by atoms with Crippen LogP contribution in [0.15, 0.2) is 11.1 Å². The lowest BCUT2D eigenvalue weighted by Gasteiger charge is -2.29. The molecule has 0 bridgehead atoms. The molecular formula is C14H24O. The van der Waals surface area contributed by atoms with E-state index in [9.17, 15) is 4.79 Å². The molecule has 0 aliphatic heterocycles. The van der Waals surface area contributed by atoms with E-state index in [4.69, 9.17) is 0 Å². The lowest BCUT2D eigenvalue weighted by atomic mass is 9.76. The van der Waals surface area contributed by atoms with Crippen LogP contribution in [0.4, 0.5) is 0 Å². The summed E-state index contributed by atoms with van der Waals surface area (Å²) in [7, 11) is 0. The fraction of sp³-hybridized carbons (Fsp3) is 0.786. The van der Waals surface area contributed by atoms with Crippen LogP contribution in [-0.2, 0) is 4.79 Å². The normalized spacial score (nSPS) is 24.5. The van der Waals surface area contributed by atoms with Crippen molar-refractivity contribution in [2.45, 2.75) is 53.4 Å². The number of carbonyl (C=O) groups excluding carboxylic acids is 1. The topological polar surface area (TPSA) is 17.1 Å². The third-order valence-corrected chi connectivity index (χ3v) is 3.75. The van der Waals surface area contributed by atoms with E-state index in [0.717, 1.165) is 24.5 Å². The SMILES string of the molecule is CC1=C(CC(C)C=O)C[C@H](C(C)C)CC1. The number of allylic oxidation sites excluding steroid dienone is 2. The second-order valence-corrected chi connectivity index (χ2v) is 5.45. The molecule has 0 N–H and O–H groups in total. The molecule has 1 nitrogen and oxygen atoms in total. The van der Waals surface area contributed by atoms with Crippen molar-refractivity contribution in [3.8, 4) is 0 Å². The summed E-state index contributed by atoms with van der Waals surface area (Å²) < 4.78 is 0. The maximum absolute atomic E-state index is 10.7. The maximum atomic E-state index is 10.7. The van der Waals surface area contributed by atoms with E-state index in [2.05, 4.69) is 20.8 Å². The van der Waals surface area contributed by atoms with Crippen LogP contribution in [0.2, 0.25) is 0 Å². The van der Waals surface area contributed by atoms with Gasteiger partial charge in [-0.05, 0) is 44.4 Å². The summed E-state index contributed by atoms with van der Waals surface area (Å²) in [5.74, 6) is 1.81. The minimum absolute atomic E-state index is 0.195. The zero-order valence-corrected chi connectivity index (χ0v) is 10.5. The van der Waals surface area contributed by atoms with E-state index >= 15 is 0 Å². The zero-order valence-electron chi connectivity index (χ0n) is 10.5.